The zero-order valence-corrected chi connectivity index (χ0v) is 14.7. The molecule has 1 heterocycles. The molecule has 0 saturated heterocycles. The number of amides is 1. The SMILES string of the molecule is COc1ccc(C)cc1[C@@H](C)NC(=O)Cc1c(C)nc(C)[nH]c1=O. The van der Waals surface area contributed by atoms with Crippen molar-refractivity contribution in [1.29, 1.82) is 0 Å². The molecule has 1 aromatic carbocycles. The molecule has 128 valence electrons. The van der Waals surface area contributed by atoms with Gasteiger partial charge in [-0.15, -0.1) is 0 Å². The number of hydrogen-bond acceptors (Lipinski definition) is 4. The van der Waals surface area contributed by atoms with Crippen LogP contribution in [-0.2, 0) is 11.2 Å². The summed E-state index contributed by atoms with van der Waals surface area (Å²) in [6.07, 6.45) is -0.00703. The Labute approximate surface area is 141 Å². The van der Waals surface area contributed by atoms with Gasteiger partial charge >= 0.3 is 0 Å². The number of nitrogens with zero attached hydrogens (tertiary/aromatic N) is 1. The largest absolute Gasteiger partial charge is 0.496 e. The number of carbonyl (C=O) groups excluding carboxylic acids is 1. The summed E-state index contributed by atoms with van der Waals surface area (Å²) in [5.41, 5.74) is 2.69. The smallest absolute Gasteiger partial charge is 0.254 e. The molecule has 0 aliphatic carbocycles. The van der Waals surface area contributed by atoms with Crippen LogP contribution >= 0.6 is 0 Å². The van der Waals surface area contributed by atoms with E-state index < -0.39 is 0 Å². The summed E-state index contributed by atoms with van der Waals surface area (Å²) in [5.74, 6) is 1.03. The fourth-order valence-corrected chi connectivity index (χ4v) is 2.68. The molecule has 0 aliphatic heterocycles. The molecule has 24 heavy (non-hydrogen) atoms. The van der Waals surface area contributed by atoms with E-state index in [2.05, 4.69) is 15.3 Å². The summed E-state index contributed by atoms with van der Waals surface area (Å²) < 4.78 is 5.36. The Hall–Kier alpha value is -2.63. The van der Waals surface area contributed by atoms with Gasteiger partial charge in [-0.05, 0) is 33.8 Å². The number of hydrogen-bond donors (Lipinski definition) is 2. The van der Waals surface area contributed by atoms with Gasteiger partial charge in [0.05, 0.1) is 19.6 Å². The number of benzene rings is 1. The Morgan fingerprint density at radius 1 is 1.33 bits per heavy atom. The minimum Gasteiger partial charge on any atom is -0.496 e. The van der Waals surface area contributed by atoms with Crippen molar-refractivity contribution in [1.82, 2.24) is 15.3 Å². The maximum Gasteiger partial charge on any atom is 0.254 e. The highest BCUT2D eigenvalue weighted by atomic mass is 16.5. The second-order valence-electron chi connectivity index (χ2n) is 5.93. The van der Waals surface area contributed by atoms with E-state index >= 15 is 0 Å². The van der Waals surface area contributed by atoms with Crippen LogP contribution in [-0.4, -0.2) is 23.0 Å². The third kappa shape index (κ3) is 4.01. The van der Waals surface area contributed by atoms with Crippen LogP contribution in [0.5, 0.6) is 5.75 Å². The number of H-pyrrole nitrogens is 1. The molecule has 6 heteroatoms. The number of carbonyl (C=O) groups is 1. The van der Waals surface area contributed by atoms with E-state index in [4.69, 9.17) is 4.74 Å². The van der Waals surface area contributed by atoms with Crippen molar-refractivity contribution in [3.8, 4) is 5.75 Å². The fraction of sp³-hybridized carbons (Fsp3) is 0.389. The average Bonchev–Trinajstić information content (AvgIpc) is 2.50. The molecule has 0 radical (unpaired) electrons. The number of ether oxygens (including phenoxy) is 1. The van der Waals surface area contributed by atoms with Crippen molar-refractivity contribution in [2.24, 2.45) is 0 Å². The lowest BCUT2D eigenvalue weighted by molar-refractivity contribution is -0.121. The van der Waals surface area contributed by atoms with Gasteiger partial charge in [0.1, 0.15) is 11.6 Å². The van der Waals surface area contributed by atoms with E-state index in [0.717, 1.165) is 16.9 Å². The summed E-state index contributed by atoms with van der Waals surface area (Å²) in [4.78, 5) is 31.2. The standard InChI is InChI=1S/C18H23N3O3/c1-10-6-7-16(24-5)14(8-10)11(2)20-17(22)9-15-12(3)19-13(4)21-18(15)23/h6-8,11H,9H2,1-5H3,(H,20,22)(H,19,21,23)/t11-/m1/s1. The Kier molecular flexibility index (Phi) is 5.39. The molecule has 2 N–H and O–H groups in total. The van der Waals surface area contributed by atoms with Crippen LogP contribution in [0.15, 0.2) is 23.0 Å². The average molecular weight is 329 g/mol. The molecule has 6 nitrogen and oxygen atoms in total. The first-order valence-corrected chi connectivity index (χ1v) is 7.82. The molecule has 0 aliphatic rings. The van der Waals surface area contributed by atoms with E-state index in [9.17, 15) is 9.59 Å². The quantitative estimate of drug-likeness (QED) is 0.880. The first-order valence-electron chi connectivity index (χ1n) is 7.82. The maximum atomic E-state index is 12.3. The predicted octanol–water partition coefficient (Wildman–Crippen LogP) is 2.12. The van der Waals surface area contributed by atoms with Crippen molar-refractivity contribution in [3.63, 3.8) is 0 Å². The monoisotopic (exact) mass is 329 g/mol. The Morgan fingerprint density at radius 3 is 2.67 bits per heavy atom. The van der Waals surface area contributed by atoms with E-state index in [1.807, 2.05) is 32.0 Å². The molecule has 0 bridgehead atoms. The van der Waals surface area contributed by atoms with Crippen LogP contribution in [0.2, 0.25) is 0 Å². The minimum absolute atomic E-state index is 0.00703. The van der Waals surface area contributed by atoms with Crippen molar-refractivity contribution in [2.45, 2.75) is 40.2 Å². The number of aromatic amines is 1. The van der Waals surface area contributed by atoms with Crippen LogP contribution in [0.3, 0.4) is 0 Å². The summed E-state index contributed by atoms with van der Waals surface area (Å²) in [6, 6.07) is 5.59. The molecule has 0 saturated carbocycles. The first kappa shape index (κ1) is 17.7. The summed E-state index contributed by atoms with van der Waals surface area (Å²) >= 11 is 0. The van der Waals surface area contributed by atoms with E-state index in [1.165, 1.54) is 0 Å². The van der Waals surface area contributed by atoms with Gasteiger partial charge in [-0.2, -0.15) is 0 Å². The van der Waals surface area contributed by atoms with E-state index in [1.54, 1.807) is 21.0 Å². The predicted molar refractivity (Wildman–Crippen MR) is 92.3 cm³/mol. The summed E-state index contributed by atoms with van der Waals surface area (Å²) in [5, 5.41) is 2.92. The molecular weight excluding hydrogens is 306 g/mol. The second-order valence-corrected chi connectivity index (χ2v) is 5.93. The minimum atomic E-state index is -0.268. The highest BCUT2D eigenvalue weighted by Gasteiger charge is 2.17. The Morgan fingerprint density at radius 2 is 2.04 bits per heavy atom. The van der Waals surface area contributed by atoms with Gasteiger partial charge in [0, 0.05) is 16.8 Å². The van der Waals surface area contributed by atoms with Gasteiger partial charge in [0.25, 0.3) is 5.56 Å². The van der Waals surface area contributed by atoms with Gasteiger partial charge in [0.15, 0.2) is 0 Å². The zero-order valence-electron chi connectivity index (χ0n) is 14.7. The number of rotatable bonds is 5. The molecule has 1 amide bonds. The van der Waals surface area contributed by atoms with Crippen molar-refractivity contribution >= 4 is 5.91 Å². The number of aromatic nitrogens is 2. The second kappa shape index (κ2) is 7.29. The first-order chi connectivity index (χ1) is 11.3. The molecule has 1 atom stereocenters. The summed E-state index contributed by atoms with van der Waals surface area (Å²) in [7, 11) is 1.60. The van der Waals surface area contributed by atoms with E-state index in [-0.39, 0.29) is 23.9 Å². The highest BCUT2D eigenvalue weighted by Crippen LogP contribution is 2.26. The van der Waals surface area contributed by atoms with Crippen LogP contribution in [0.4, 0.5) is 0 Å². The van der Waals surface area contributed by atoms with Crippen molar-refractivity contribution in [2.75, 3.05) is 7.11 Å². The van der Waals surface area contributed by atoms with Crippen molar-refractivity contribution in [3.05, 3.63) is 56.8 Å². The molecule has 0 fully saturated rings. The van der Waals surface area contributed by atoms with Gasteiger partial charge in [0.2, 0.25) is 5.91 Å². The van der Waals surface area contributed by atoms with Crippen molar-refractivity contribution < 1.29 is 9.53 Å². The lowest BCUT2D eigenvalue weighted by Crippen LogP contribution is -2.31. The molecule has 0 unspecified atom stereocenters. The Balaban J connectivity index is 2.16. The highest BCUT2D eigenvalue weighted by molar-refractivity contribution is 5.79. The molecule has 2 rings (SSSR count). The van der Waals surface area contributed by atoms with Crippen LogP contribution in [0.1, 0.15) is 41.2 Å². The van der Waals surface area contributed by atoms with Gasteiger partial charge in [-0.3, -0.25) is 9.59 Å². The van der Waals surface area contributed by atoms with Gasteiger partial charge < -0.3 is 15.0 Å². The Bertz CT molecular complexity index is 812. The number of aryl methyl sites for hydroxylation is 3. The van der Waals surface area contributed by atoms with Gasteiger partial charge in [-0.25, -0.2) is 4.98 Å². The molecule has 0 spiro atoms. The topological polar surface area (TPSA) is 84.1 Å². The fourth-order valence-electron chi connectivity index (χ4n) is 2.68. The normalized spacial score (nSPS) is 11.9. The third-order valence-electron chi connectivity index (χ3n) is 3.91. The van der Waals surface area contributed by atoms with Crippen LogP contribution in [0.25, 0.3) is 0 Å². The molecule has 2 aromatic rings. The lowest BCUT2D eigenvalue weighted by Gasteiger charge is -2.18. The van der Waals surface area contributed by atoms with E-state index in [0.29, 0.717) is 17.1 Å². The molecular formula is C18H23N3O3. The van der Waals surface area contributed by atoms with Gasteiger partial charge in [-0.1, -0.05) is 17.7 Å². The third-order valence-corrected chi connectivity index (χ3v) is 3.91. The van der Waals surface area contributed by atoms with Crippen LogP contribution in [0, 0.1) is 20.8 Å². The maximum absolute atomic E-state index is 12.3. The number of nitrogens with one attached hydrogen (secondary N) is 2. The summed E-state index contributed by atoms with van der Waals surface area (Å²) in [6.45, 7) is 7.32. The molecule has 1 aromatic heterocycles. The number of methoxy groups -OCH3 is 1. The zero-order chi connectivity index (χ0) is 17.9. The lowest BCUT2D eigenvalue weighted by atomic mass is 10.0. The van der Waals surface area contributed by atoms with Crippen LogP contribution < -0.4 is 15.6 Å².